The summed E-state index contributed by atoms with van der Waals surface area (Å²) < 4.78 is 13.1. The van der Waals surface area contributed by atoms with Gasteiger partial charge in [-0.3, -0.25) is 24.2 Å². The number of halogens is 1. The number of hydrogen-bond donors (Lipinski definition) is 4. The van der Waals surface area contributed by atoms with E-state index in [2.05, 4.69) is 26.3 Å². The topological polar surface area (TPSA) is 129 Å². The van der Waals surface area contributed by atoms with Gasteiger partial charge in [0.1, 0.15) is 17.6 Å². The van der Waals surface area contributed by atoms with Crippen LogP contribution in [0.25, 0.3) is 0 Å². The Labute approximate surface area is 204 Å². The molecule has 2 rings (SSSR count). The van der Waals surface area contributed by atoms with Crippen molar-refractivity contribution in [3.05, 3.63) is 65.7 Å². The molecular weight excluding hydrogens is 453 g/mol. The summed E-state index contributed by atoms with van der Waals surface area (Å²) in [5.41, 5.74) is 0.529. The van der Waals surface area contributed by atoms with Gasteiger partial charge in [-0.05, 0) is 57.0 Å². The Morgan fingerprint density at radius 3 is 2.26 bits per heavy atom. The van der Waals surface area contributed by atoms with Gasteiger partial charge in [0, 0.05) is 31.2 Å². The molecule has 1 heterocycles. The van der Waals surface area contributed by atoms with Crippen LogP contribution in [0.5, 0.6) is 0 Å². The van der Waals surface area contributed by atoms with Gasteiger partial charge in [-0.25, -0.2) is 4.39 Å². The van der Waals surface area contributed by atoms with Crippen LogP contribution in [0.3, 0.4) is 0 Å². The van der Waals surface area contributed by atoms with Crippen molar-refractivity contribution in [3.8, 4) is 0 Å². The summed E-state index contributed by atoms with van der Waals surface area (Å²) in [5.74, 6) is -2.09. The summed E-state index contributed by atoms with van der Waals surface area (Å²) >= 11 is 0. The quantitative estimate of drug-likeness (QED) is 0.359. The van der Waals surface area contributed by atoms with Gasteiger partial charge >= 0.3 is 0 Å². The molecule has 35 heavy (non-hydrogen) atoms. The van der Waals surface area contributed by atoms with Gasteiger partial charge in [-0.2, -0.15) is 0 Å². The van der Waals surface area contributed by atoms with E-state index < -0.39 is 23.4 Å². The van der Waals surface area contributed by atoms with E-state index in [1.54, 1.807) is 30.3 Å². The average Bonchev–Trinajstić information content (AvgIpc) is 2.80. The van der Waals surface area contributed by atoms with Crippen LogP contribution < -0.4 is 21.3 Å². The van der Waals surface area contributed by atoms with Crippen molar-refractivity contribution in [2.75, 3.05) is 13.1 Å². The molecule has 2 aromatic rings. The Hall–Kier alpha value is -3.82. The lowest BCUT2D eigenvalue weighted by Crippen LogP contribution is -2.51. The molecule has 0 saturated carbocycles. The molecular formula is C25H32FN5O4. The van der Waals surface area contributed by atoms with E-state index in [1.807, 2.05) is 20.8 Å². The van der Waals surface area contributed by atoms with Gasteiger partial charge in [0.05, 0.1) is 6.42 Å². The minimum Gasteiger partial charge on any atom is -0.353 e. The second-order valence-electron chi connectivity index (χ2n) is 9.01. The lowest BCUT2D eigenvalue weighted by molar-refractivity contribution is -0.132. The molecule has 0 spiro atoms. The summed E-state index contributed by atoms with van der Waals surface area (Å²) in [6, 6.07) is 9.66. The molecule has 9 nitrogen and oxygen atoms in total. The van der Waals surface area contributed by atoms with Crippen LogP contribution >= 0.6 is 0 Å². The second kappa shape index (κ2) is 13.2. The average molecular weight is 486 g/mol. The fourth-order valence-electron chi connectivity index (χ4n) is 3.11. The molecule has 0 aliphatic carbocycles. The number of carbonyl (C=O) groups excluding carboxylic acids is 4. The van der Waals surface area contributed by atoms with Crippen molar-refractivity contribution in [1.29, 1.82) is 0 Å². The fraction of sp³-hybridized carbons (Fsp3) is 0.400. The molecule has 4 amide bonds. The SMILES string of the molecule is CC(C)(C)NC(=O)C[C@H](NC(=O)CCc1ccc(F)cc1)C(=O)NCCNC(=O)c1ccccn1. The number of amides is 4. The van der Waals surface area contributed by atoms with E-state index in [0.29, 0.717) is 6.42 Å². The molecule has 0 aliphatic rings. The Morgan fingerprint density at radius 1 is 0.943 bits per heavy atom. The minimum atomic E-state index is -1.09. The Morgan fingerprint density at radius 2 is 1.63 bits per heavy atom. The molecule has 1 atom stereocenters. The second-order valence-corrected chi connectivity index (χ2v) is 9.01. The maximum Gasteiger partial charge on any atom is 0.269 e. The smallest absolute Gasteiger partial charge is 0.269 e. The Bertz CT molecular complexity index is 1010. The lowest BCUT2D eigenvalue weighted by Gasteiger charge is -2.23. The van der Waals surface area contributed by atoms with Crippen molar-refractivity contribution >= 4 is 23.6 Å². The normalized spacial score (nSPS) is 11.8. The Kier molecular flexibility index (Phi) is 10.3. The maximum absolute atomic E-state index is 13.1. The third-order valence-electron chi connectivity index (χ3n) is 4.72. The van der Waals surface area contributed by atoms with Crippen LogP contribution in [-0.4, -0.2) is 53.3 Å². The molecule has 0 unspecified atom stereocenters. The predicted octanol–water partition coefficient (Wildman–Crippen LogP) is 1.49. The van der Waals surface area contributed by atoms with Gasteiger partial charge in [-0.1, -0.05) is 18.2 Å². The van der Waals surface area contributed by atoms with Gasteiger partial charge in [0.15, 0.2) is 0 Å². The maximum atomic E-state index is 13.1. The number of aryl methyl sites for hydroxylation is 1. The van der Waals surface area contributed by atoms with Gasteiger partial charge < -0.3 is 21.3 Å². The lowest BCUT2D eigenvalue weighted by atomic mass is 10.1. The molecule has 0 radical (unpaired) electrons. The van der Waals surface area contributed by atoms with Crippen LogP contribution in [0.4, 0.5) is 4.39 Å². The fourth-order valence-corrected chi connectivity index (χ4v) is 3.11. The third-order valence-corrected chi connectivity index (χ3v) is 4.72. The zero-order valence-electron chi connectivity index (χ0n) is 20.2. The van der Waals surface area contributed by atoms with Crippen LogP contribution in [-0.2, 0) is 20.8 Å². The first-order valence-electron chi connectivity index (χ1n) is 11.4. The Balaban J connectivity index is 1.89. The van der Waals surface area contributed by atoms with E-state index in [4.69, 9.17) is 0 Å². The number of benzene rings is 1. The zero-order valence-corrected chi connectivity index (χ0v) is 20.2. The first-order chi connectivity index (χ1) is 16.5. The van der Waals surface area contributed by atoms with Crippen molar-refractivity contribution in [2.24, 2.45) is 0 Å². The van der Waals surface area contributed by atoms with Gasteiger partial charge in [0.2, 0.25) is 17.7 Å². The standard InChI is InChI=1S/C25H32FN5O4/c1-25(2,3)31-22(33)16-20(30-21(32)12-9-17-7-10-18(26)11-8-17)24(35)29-15-14-28-23(34)19-6-4-5-13-27-19/h4-8,10-11,13,20H,9,12,14-16H2,1-3H3,(H,28,34)(H,29,35)(H,30,32)(H,31,33)/t20-/m0/s1. The largest absolute Gasteiger partial charge is 0.353 e. The van der Waals surface area contributed by atoms with Gasteiger partial charge in [-0.15, -0.1) is 0 Å². The molecule has 1 aromatic heterocycles. The highest BCUT2D eigenvalue weighted by atomic mass is 19.1. The number of nitrogens with zero attached hydrogens (tertiary/aromatic N) is 1. The van der Waals surface area contributed by atoms with Crippen LogP contribution in [0.15, 0.2) is 48.7 Å². The highest BCUT2D eigenvalue weighted by molar-refractivity contribution is 5.93. The summed E-state index contributed by atoms with van der Waals surface area (Å²) in [6.07, 6.45) is 1.68. The third kappa shape index (κ3) is 10.8. The number of hydrogen-bond acceptors (Lipinski definition) is 5. The number of pyridine rings is 1. The highest BCUT2D eigenvalue weighted by Gasteiger charge is 2.25. The molecule has 0 fully saturated rings. The highest BCUT2D eigenvalue weighted by Crippen LogP contribution is 2.06. The number of rotatable bonds is 11. The summed E-state index contributed by atoms with van der Waals surface area (Å²) in [5, 5.41) is 10.7. The molecule has 188 valence electrons. The number of aromatic nitrogens is 1. The van der Waals surface area contributed by atoms with Crippen molar-refractivity contribution in [1.82, 2.24) is 26.3 Å². The van der Waals surface area contributed by atoms with Crippen LogP contribution in [0.1, 0.15) is 49.7 Å². The molecule has 0 bridgehead atoms. The first kappa shape index (κ1) is 27.4. The van der Waals surface area contributed by atoms with E-state index in [-0.39, 0.29) is 49.3 Å². The molecule has 0 aliphatic heterocycles. The molecule has 4 N–H and O–H groups in total. The first-order valence-corrected chi connectivity index (χ1v) is 11.4. The summed E-state index contributed by atoms with van der Waals surface area (Å²) in [6.45, 7) is 5.67. The van der Waals surface area contributed by atoms with Crippen molar-refractivity contribution < 1.29 is 23.6 Å². The number of nitrogens with one attached hydrogen (secondary N) is 4. The van der Waals surface area contributed by atoms with Crippen LogP contribution in [0.2, 0.25) is 0 Å². The summed E-state index contributed by atoms with van der Waals surface area (Å²) in [4.78, 5) is 53.6. The number of carbonyl (C=O) groups is 4. The van der Waals surface area contributed by atoms with Crippen LogP contribution in [0, 0.1) is 5.82 Å². The summed E-state index contributed by atoms with van der Waals surface area (Å²) in [7, 11) is 0. The van der Waals surface area contributed by atoms with E-state index in [1.165, 1.54) is 18.3 Å². The van der Waals surface area contributed by atoms with Crippen molar-refractivity contribution in [3.63, 3.8) is 0 Å². The molecule has 0 saturated heterocycles. The predicted molar refractivity (Wildman–Crippen MR) is 129 cm³/mol. The van der Waals surface area contributed by atoms with E-state index in [0.717, 1.165) is 5.56 Å². The monoisotopic (exact) mass is 485 g/mol. The van der Waals surface area contributed by atoms with Crippen molar-refractivity contribution in [2.45, 2.75) is 51.6 Å². The van der Waals surface area contributed by atoms with Gasteiger partial charge in [0.25, 0.3) is 5.91 Å². The van der Waals surface area contributed by atoms with E-state index >= 15 is 0 Å². The van der Waals surface area contributed by atoms with E-state index in [9.17, 15) is 23.6 Å². The zero-order chi connectivity index (χ0) is 25.8. The minimum absolute atomic E-state index is 0.0659. The molecule has 10 heteroatoms. The molecule has 1 aromatic carbocycles.